The first-order valence-electron chi connectivity index (χ1n) is 4.87. The summed E-state index contributed by atoms with van der Waals surface area (Å²) in [5.74, 6) is -1.91. The Morgan fingerprint density at radius 3 is 2.65 bits per heavy atom. The van der Waals surface area contributed by atoms with E-state index in [9.17, 15) is 9.59 Å². The summed E-state index contributed by atoms with van der Waals surface area (Å²) in [6.45, 7) is 1.47. The van der Waals surface area contributed by atoms with Gasteiger partial charge < -0.3 is 15.5 Å². The van der Waals surface area contributed by atoms with Crippen LogP contribution in [-0.4, -0.2) is 34.7 Å². The van der Waals surface area contributed by atoms with Gasteiger partial charge in [0.1, 0.15) is 0 Å². The van der Waals surface area contributed by atoms with Gasteiger partial charge in [0.2, 0.25) is 0 Å². The fourth-order valence-electron chi connectivity index (χ4n) is 1.18. The number of carbonyl (C=O) groups is 2. The first-order valence-corrected chi connectivity index (χ1v) is 5.25. The summed E-state index contributed by atoms with van der Waals surface area (Å²) in [6.07, 6.45) is -1.62. The van der Waals surface area contributed by atoms with E-state index in [-0.39, 0.29) is 17.1 Å². The van der Waals surface area contributed by atoms with Crippen LogP contribution >= 0.6 is 11.6 Å². The summed E-state index contributed by atoms with van der Waals surface area (Å²) < 4.78 is 0. The van der Waals surface area contributed by atoms with Gasteiger partial charge in [-0.15, -0.1) is 0 Å². The molecule has 5 nitrogen and oxygen atoms in total. The zero-order chi connectivity index (χ0) is 13.0. The highest BCUT2D eigenvalue weighted by Crippen LogP contribution is 2.17. The highest BCUT2D eigenvalue weighted by Gasteiger charge is 2.16. The first-order chi connectivity index (χ1) is 7.91. The molecule has 1 amide bonds. The number of halogens is 1. The lowest BCUT2D eigenvalue weighted by molar-refractivity contribution is -0.146. The molecule has 1 rings (SSSR count). The number of carbonyl (C=O) groups excluding carboxylic acids is 1. The van der Waals surface area contributed by atoms with Crippen molar-refractivity contribution < 1.29 is 19.8 Å². The maximum atomic E-state index is 11.6. The molecular formula is C11H12ClNO4. The van der Waals surface area contributed by atoms with Gasteiger partial charge in [0.05, 0.1) is 17.1 Å². The number of rotatable bonds is 4. The van der Waals surface area contributed by atoms with Crippen molar-refractivity contribution in [2.24, 2.45) is 0 Å². The van der Waals surface area contributed by atoms with Crippen LogP contribution in [0.3, 0.4) is 0 Å². The second-order valence-corrected chi connectivity index (χ2v) is 3.95. The smallest absolute Gasteiger partial charge is 0.334 e. The average Bonchev–Trinajstić information content (AvgIpc) is 2.25. The molecule has 0 heterocycles. The van der Waals surface area contributed by atoms with Crippen molar-refractivity contribution in [2.75, 3.05) is 6.54 Å². The molecule has 6 heteroatoms. The normalized spacial score (nSPS) is 11.9. The second kappa shape index (κ2) is 5.65. The Morgan fingerprint density at radius 1 is 1.47 bits per heavy atom. The van der Waals surface area contributed by atoms with Crippen molar-refractivity contribution in [2.45, 2.75) is 13.0 Å². The third-order valence-corrected chi connectivity index (χ3v) is 2.42. The monoisotopic (exact) mass is 257 g/mol. The average molecular weight is 258 g/mol. The van der Waals surface area contributed by atoms with Crippen molar-refractivity contribution >= 4 is 23.5 Å². The van der Waals surface area contributed by atoms with Crippen LogP contribution in [-0.2, 0) is 4.79 Å². The van der Waals surface area contributed by atoms with Gasteiger partial charge in [-0.2, -0.15) is 0 Å². The summed E-state index contributed by atoms with van der Waals surface area (Å²) >= 11 is 5.86. The number of hydrogen-bond donors (Lipinski definition) is 3. The third-order valence-electron chi connectivity index (χ3n) is 2.11. The predicted molar refractivity (Wildman–Crippen MR) is 62.2 cm³/mol. The Bertz CT molecular complexity index is 447. The van der Waals surface area contributed by atoms with Crippen molar-refractivity contribution in [1.29, 1.82) is 0 Å². The molecule has 92 valence electrons. The molecule has 17 heavy (non-hydrogen) atoms. The number of hydrogen-bond acceptors (Lipinski definition) is 3. The van der Waals surface area contributed by atoms with E-state index in [2.05, 4.69) is 5.32 Å². The van der Waals surface area contributed by atoms with E-state index >= 15 is 0 Å². The number of nitrogens with one attached hydrogen (secondary N) is 1. The summed E-state index contributed by atoms with van der Waals surface area (Å²) in [5, 5.41) is 20.0. The fourth-order valence-corrected chi connectivity index (χ4v) is 1.50. The largest absolute Gasteiger partial charge is 0.479 e. The number of aliphatic hydroxyl groups is 1. The summed E-state index contributed by atoms with van der Waals surface area (Å²) in [7, 11) is 0. The first kappa shape index (κ1) is 13.5. The van der Waals surface area contributed by atoms with E-state index in [1.54, 1.807) is 18.2 Å². The Kier molecular flexibility index (Phi) is 4.48. The summed E-state index contributed by atoms with van der Waals surface area (Å²) in [6, 6.07) is 4.89. The van der Waals surface area contributed by atoms with Crippen LogP contribution < -0.4 is 5.32 Å². The number of carboxylic acids is 1. The van der Waals surface area contributed by atoms with E-state index in [0.29, 0.717) is 0 Å². The van der Waals surface area contributed by atoms with Crippen LogP contribution in [0.5, 0.6) is 0 Å². The molecule has 0 aliphatic rings. The molecule has 1 unspecified atom stereocenters. The minimum atomic E-state index is -1.62. The van der Waals surface area contributed by atoms with E-state index in [0.717, 1.165) is 5.56 Å². The number of aliphatic hydroxyl groups excluding tert-OH is 1. The minimum Gasteiger partial charge on any atom is -0.479 e. The third kappa shape index (κ3) is 3.72. The fraction of sp³-hybridized carbons (Fsp3) is 0.273. The van der Waals surface area contributed by atoms with Crippen molar-refractivity contribution in [3.63, 3.8) is 0 Å². The van der Waals surface area contributed by atoms with Gasteiger partial charge in [0.15, 0.2) is 6.10 Å². The maximum Gasteiger partial charge on any atom is 0.334 e. The second-order valence-electron chi connectivity index (χ2n) is 3.55. The van der Waals surface area contributed by atoms with Crippen LogP contribution in [0.25, 0.3) is 0 Å². The Labute approximate surface area is 103 Å². The topological polar surface area (TPSA) is 86.6 Å². The number of carboxylic acid groups (broad SMARTS) is 1. The lowest BCUT2D eigenvalue weighted by Gasteiger charge is -2.09. The Balaban J connectivity index is 2.67. The lowest BCUT2D eigenvalue weighted by Crippen LogP contribution is -2.36. The molecule has 0 saturated carbocycles. The van der Waals surface area contributed by atoms with Gasteiger partial charge in [-0.05, 0) is 24.6 Å². The number of aliphatic carboxylic acids is 1. The van der Waals surface area contributed by atoms with Crippen LogP contribution in [0.1, 0.15) is 15.9 Å². The Hall–Kier alpha value is -1.59. The van der Waals surface area contributed by atoms with Gasteiger partial charge in [0.25, 0.3) is 5.91 Å². The van der Waals surface area contributed by atoms with Gasteiger partial charge in [-0.1, -0.05) is 17.7 Å². The molecule has 1 aromatic rings. The number of benzene rings is 1. The molecule has 0 saturated heterocycles. The van der Waals surface area contributed by atoms with Crippen LogP contribution in [0, 0.1) is 6.92 Å². The van der Waals surface area contributed by atoms with Gasteiger partial charge in [-0.25, -0.2) is 4.79 Å². The molecule has 3 N–H and O–H groups in total. The molecule has 0 bridgehead atoms. The Morgan fingerprint density at radius 2 is 2.12 bits per heavy atom. The summed E-state index contributed by atoms with van der Waals surface area (Å²) in [4.78, 5) is 21.9. The molecule has 0 aliphatic heterocycles. The standard InChI is InChI=1S/C11H12ClNO4/c1-6-2-3-7(8(12)4-6)10(15)13-5-9(14)11(16)17/h2-4,9,14H,5H2,1H3,(H,13,15)(H,16,17). The predicted octanol–water partition coefficient (Wildman–Crippen LogP) is 0.824. The van der Waals surface area contributed by atoms with Crippen LogP contribution in [0.4, 0.5) is 0 Å². The highest BCUT2D eigenvalue weighted by molar-refractivity contribution is 6.33. The van der Waals surface area contributed by atoms with Crippen LogP contribution in [0.15, 0.2) is 18.2 Å². The molecule has 1 aromatic carbocycles. The zero-order valence-electron chi connectivity index (χ0n) is 9.11. The zero-order valence-corrected chi connectivity index (χ0v) is 9.86. The lowest BCUT2D eigenvalue weighted by atomic mass is 10.1. The van der Waals surface area contributed by atoms with E-state index < -0.39 is 18.0 Å². The SMILES string of the molecule is Cc1ccc(C(=O)NCC(O)C(=O)O)c(Cl)c1. The van der Waals surface area contributed by atoms with E-state index in [1.165, 1.54) is 0 Å². The van der Waals surface area contributed by atoms with Crippen LogP contribution in [0.2, 0.25) is 5.02 Å². The van der Waals surface area contributed by atoms with Crippen molar-refractivity contribution in [1.82, 2.24) is 5.32 Å². The molecule has 0 aromatic heterocycles. The molecule has 0 aliphatic carbocycles. The molecule has 0 radical (unpaired) electrons. The molecule has 0 fully saturated rings. The highest BCUT2D eigenvalue weighted by atomic mass is 35.5. The quantitative estimate of drug-likeness (QED) is 0.745. The maximum absolute atomic E-state index is 11.6. The minimum absolute atomic E-state index is 0.245. The van der Waals surface area contributed by atoms with E-state index in [4.69, 9.17) is 21.8 Å². The van der Waals surface area contributed by atoms with Gasteiger partial charge >= 0.3 is 5.97 Å². The molecule has 0 spiro atoms. The van der Waals surface area contributed by atoms with Crippen molar-refractivity contribution in [3.05, 3.63) is 34.3 Å². The van der Waals surface area contributed by atoms with Gasteiger partial charge in [0, 0.05) is 0 Å². The molecule has 1 atom stereocenters. The van der Waals surface area contributed by atoms with E-state index in [1.807, 2.05) is 6.92 Å². The molecular weight excluding hydrogens is 246 g/mol. The number of amides is 1. The summed E-state index contributed by atoms with van der Waals surface area (Å²) in [5.41, 5.74) is 1.16. The number of aryl methyl sites for hydroxylation is 1. The van der Waals surface area contributed by atoms with Gasteiger partial charge in [-0.3, -0.25) is 4.79 Å². The van der Waals surface area contributed by atoms with Crippen molar-refractivity contribution in [3.8, 4) is 0 Å².